The van der Waals surface area contributed by atoms with Gasteiger partial charge in [0.2, 0.25) is 0 Å². The van der Waals surface area contributed by atoms with Gasteiger partial charge in [-0.2, -0.15) is 23.6 Å². The molecule has 1 aliphatic carbocycles. The summed E-state index contributed by atoms with van der Waals surface area (Å²) in [6.45, 7) is 1.50. The molecule has 1 saturated carbocycles. The number of oxazole rings is 1. The van der Waals surface area contributed by atoms with E-state index in [-0.39, 0.29) is 31.1 Å². The van der Waals surface area contributed by atoms with Crippen molar-refractivity contribution in [2.24, 2.45) is 12.8 Å². The van der Waals surface area contributed by atoms with Crippen LogP contribution in [0.25, 0.3) is 10.9 Å². The number of nitrogens with zero attached hydrogens (tertiary/aromatic N) is 4. The number of aryl methyl sites for hydroxylation is 1. The second kappa shape index (κ2) is 7.14. The molecule has 1 aliphatic heterocycles. The minimum absolute atomic E-state index is 0. The van der Waals surface area contributed by atoms with E-state index in [4.69, 9.17) is 10.2 Å². The molecule has 2 aliphatic rings. The number of anilines is 2. The molecule has 3 aromatic rings. The fraction of sp³-hybridized carbons (Fsp3) is 0.421. The van der Waals surface area contributed by atoms with Crippen LogP contribution in [0, 0.1) is 0 Å². The molecule has 1 atom stereocenters. The predicted molar refractivity (Wildman–Crippen MR) is 112 cm³/mol. The Morgan fingerprint density at radius 3 is 2.86 bits per heavy atom. The lowest BCUT2D eigenvalue weighted by Gasteiger charge is -2.12. The second-order valence-corrected chi connectivity index (χ2v) is 7.50. The maximum atomic E-state index is 12.7. The van der Waals surface area contributed by atoms with Crippen LogP contribution in [-0.4, -0.2) is 39.8 Å². The molecule has 0 radical (unpaired) electrons. The van der Waals surface area contributed by atoms with Crippen molar-refractivity contribution in [3.05, 3.63) is 35.9 Å². The van der Waals surface area contributed by atoms with Crippen molar-refractivity contribution in [3.8, 4) is 0 Å². The Kier molecular flexibility index (Phi) is 4.80. The van der Waals surface area contributed by atoms with Gasteiger partial charge in [0.05, 0.1) is 11.7 Å². The highest BCUT2D eigenvalue weighted by atomic mass is 32.1. The minimum atomic E-state index is -0.265. The van der Waals surface area contributed by atoms with Crippen molar-refractivity contribution in [1.29, 1.82) is 0 Å². The van der Waals surface area contributed by atoms with Gasteiger partial charge in [-0.05, 0) is 42.9 Å². The van der Waals surface area contributed by atoms with Gasteiger partial charge >= 0.3 is 0 Å². The molecule has 0 unspecified atom stereocenters. The van der Waals surface area contributed by atoms with Gasteiger partial charge in [-0.25, -0.2) is 0 Å². The molecular weight excluding hydrogens is 376 g/mol. The quantitative estimate of drug-likeness (QED) is 0.697. The summed E-state index contributed by atoms with van der Waals surface area (Å²) < 4.78 is 7.36. The van der Waals surface area contributed by atoms with Crippen LogP contribution in [0.2, 0.25) is 0 Å². The molecule has 5 rings (SSSR count). The van der Waals surface area contributed by atoms with Crippen molar-refractivity contribution >= 4 is 42.0 Å². The summed E-state index contributed by atoms with van der Waals surface area (Å²) in [6, 6.07) is 4.71. The van der Waals surface area contributed by atoms with Crippen LogP contribution in [0.15, 0.2) is 29.0 Å². The Labute approximate surface area is 169 Å². The first-order valence-corrected chi connectivity index (χ1v) is 9.31. The lowest BCUT2D eigenvalue weighted by Crippen LogP contribution is -2.26. The summed E-state index contributed by atoms with van der Waals surface area (Å²) in [5.41, 5.74) is 9.27. The van der Waals surface area contributed by atoms with Crippen LogP contribution < -0.4 is 16.0 Å². The molecule has 1 aromatic carbocycles. The van der Waals surface area contributed by atoms with E-state index in [1.165, 1.54) is 6.26 Å². The van der Waals surface area contributed by atoms with Crippen LogP contribution in [-0.2, 0) is 7.05 Å². The molecule has 148 valence electrons. The zero-order chi connectivity index (χ0) is 18.5. The van der Waals surface area contributed by atoms with Crippen LogP contribution >= 0.6 is 13.5 Å². The highest BCUT2D eigenvalue weighted by Crippen LogP contribution is 2.44. The largest absolute Gasteiger partial charge is 0.431 e. The summed E-state index contributed by atoms with van der Waals surface area (Å²) >= 11 is 0. The number of amides is 1. The molecule has 0 bridgehead atoms. The van der Waals surface area contributed by atoms with Crippen molar-refractivity contribution < 1.29 is 9.21 Å². The normalized spacial score (nSPS) is 19.1. The maximum absolute atomic E-state index is 12.7. The number of hydrogen-bond acceptors (Lipinski definition) is 6. The molecular formula is C19H24N6O2S. The van der Waals surface area contributed by atoms with Gasteiger partial charge < -0.3 is 20.4 Å². The van der Waals surface area contributed by atoms with E-state index in [1.54, 1.807) is 0 Å². The Morgan fingerprint density at radius 1 is 1.32 bits per heavy atom. The molecule has 2 fully saturated rings. The van der Waals surface area contributed by atoms with E-state index < -0.39 is 0 Å². The number of nitrogens with one attached hydrogen (secondary N) is 1. The van der Waals surface area contributed by atoms with Gasteiger partial charge in [0.1, 0.15) is 6.26 Å². The zero-order valence-electron chi connectivity index (χ0n) is 15.7. The molecule has 9 heteroatoms. The van der Waals surface area contributed by atoms with E-state index in [1.807, 2.05) is 28.9 Å². The van der Waals surface area contributed by atoms with Gasteiger partial charge in [-0.15, -0.1) is 0 Å². The zero-order valence-corrected chi connectivity index (χ0v) is 16.7. The first kappa shape index (κ1) is 18.8. The summed E-state index contributed by atoms with van der Waals surface area (Å²) in [4.78, 5) is 19.1. The van der Waals surface area contributed by atoms with Crippen molar-refractivity contribution in [2.75, 3.05) is 23.3 Å². The van der Waals surface area contributed by atoms with E-state index in [2.05, 4.69) is 21.5 Å². The SMILES string of the molecule is Cn1ncc2cc(NC(=O)c3coc(N4CC[C@H](N)C4)n3)c(C3CC3)cc21.S. The molecule has 3 heterocycles. The Balaban J connectivity index is 0.00000192. The van der Waals surface area contributed by atoms with E-state index in [0.29, 0.717) is 18.5 Å². The fourth-order valence-electron chi connectivity index (χ4n) is 3.72. The predicted octanol–water partition coefficient (Wildman–Crippen LogP) is 2.34. The Hall–Kier alpha value is -2.52. The minimum Gasteiger partial charge on any atom is -0.431 e. The van der Waals surface area contributed by atoms with Gasteiger partial charge in [-0.1, -0.05) is 0 Å². The third-order valence-electron chi connectivity index (χ3n) is 5.40. The highest BCUT2D eigenvalue weighted by molar-refractivity contribution is 7.59. The van der Waals surface area contributed by atoms with Gasteiger partial charge in [-0.3, -0.25) is 9.48 Å². The molecule has 1 saturated heterocycles. The number of benzene rings is 1. The smallest absolute Gasteiger partial charge is 0.298 e. The number of nitrogens with two attached hydrogens (primary N) is 1. The summed E-state index contributed by atoms with van der Waals surface area (Å²) in [7, 11) is 1.93. The Bertz CT molecular complexity index is 1020. The van der Waals surface area contributed by atoms with E-state index in [9.17, 15) is 4.79 Å². The molecule has 0 spiro atoms. The standard InChI is InChI=1S/C19H22N6O2.H2S/c1-24-17-7-14(11-2-3-11)15(6-12(17)8-21-24)22-18(26)16-10-27-19(23-16)25-5-4-13(20)9-25;/h6-8,10-11,13H,2-5,9,20H2,1H3,(H,22,26);1H2/t13-;/m0./s1. The number of carbonyl (C=O) groups is 1. The topological polar surface area (TPSA) is 102 Å². The average Bonchev–Trinajstić information content (AvgIpc) is 3.04. The lowest BCUT2D eigenvalue weighted by molar-refractivity contribution is 0.102. The van der Waals surface area contributed by atoms with Crippen LogP contribution in [0.1, 0.15) is 41.2 Å². The fourth-order valence-corrected chi connectivity index (χ4v) is 3.72. The Morgan fingerprint density at radius 2 is 2.14 bits per heavy atom. The molecule has 1 amide bonds. The second-order valence-electron chi connectivity index (χ2n) is 7.50. The van der Waals surface area contributed by atoms with E-state index in [0.717, 1.165) is 48.0 Å². The van der Waals surface area contributed by atoms with Crippen molar-refractivity contribution in [2.45, 2.75) is 31.2 Å². The number of aromatic nitrogens is 3. The number of carbonyl (C=O) groups excluding carboxylic acids is 1. The molecule has 28 heavy (non-hydrogen) atoms. The van der Waals surface area contributed by atoms with E-state index >= 15 is 0 Å². The molecule has 8 nitrogen and oxygen atoms in total. The third kappa shape index (κ3) is 3.35. The summed E-state index contributed by atoms with van der Waals surface area (Å²) in [6.07, 6.45) is 6.42. The first-order chi connectivity index (χ1) is 13.1. The number of fused-ring (bicyclic) bond motifs is 1. The van der Waals surface area contributed by atoms with Gasteiger partial charge in [0, 0.05) is 37.3 Å². The first-order valence-electron chi connectivity index (χ1n) is 9.31. The average molecular weight is 401 g/mol. The lowest BCUT2D eigenvalue weighted by atomic mass is 10.1. The van der Waals surface area contributed by atoms with Crippen molar-refractivity contribution in [3.63, 3.8) is 0 Å². The van der Waals surface area contributed by atoms with Crippen LogP contribution in [0.5, 0.6) is 0 Å². The van der Waals surface area contributed by atoms with Gasteiger partial charge in [0.15, 0.2) is 5.69 Å². The summed E-state index contributed by atoms with van der Waals surface area (Å²) in [5.74, 6) is 0.234. The number of hydrogen-bond donors (Lipinski definition) is 2. The third-order valence-corrected chi connectivity index (χ3v) is 5.40. The maximum Gasteiger partial charge on any atom is 0.298 e. The van der Waals surface area contributed by atoms with Crippen LogP contribution in [0.4, 0.5) is 11.7 Å². The highest BCUT2D eigenvalue weighted by Gasteiger charge is 2.28. The van der Waals surface area contributed by atoms with Crippen LogP contribution in [0.3, 0.4) is 0 Å². The molecule has 2 aromatic heterocycles. The monoisotopic (exact) mass is 400 g/mol. The van der Waals surface area contributed by atoms with Crippen molar-refractivity contribution in [1.82, 2.24) is 14.8 Å². The summed E-state index contributed by atoms with van der Waals surface area (Å²) in [5, 5.41) is 8.33. The van der Waals surface area contributed by atoms with Gasteiger partial charge in [0.25, 0.3) is 11.9 Å². The number of rotatable bonds is 4. The molecule has 3 N–H and O–H groups in total.